The molecule has 0 bridgehead atoms. The summed E-state index contributed by atoms with van der Waals surface area (Å²) in [6.45, 7) is 8.57. The van der Waals surface area contributed by atoms with E-state index in [0.29, 0.717) is 29.5 Å². The van der Waals surface area contributed by atoms with Crippen molar-refractivity contribution >= 4 is 40.7 Å². The van der Waals surface area contributed by atoms with Gasteiger partial charge in [0.2, 0.25) is 0 Å². The minimum atomic E-state index is -0.265. The third kappa shape index (κ3) is 5.96. The van der Waals surface area contributed by atoms with Crippen LogP contribution in [0.25, 0.3) is 5.69 Å². The number of halogens is 1. The van der Waals surface area contributed by atoms with Gasteiger partial charge in [-0.1, -0.05) is 44.5 Å². The van der Waals surface area contributed by atoms with Gasteiger partial charge in [-0.2, -0.15) is 0 Å². The molecule has 11 heteroatoms. The van der Waals surface area contributed by atoms with E-state index in [1.165, 1.54) is 11.3 Å². The number of para-hydroxylation sites is 1. The third-order valence-corrected chi connectivity index (χ3v) is 9.50. The van der Waals surface area contributed by atoms with E-state index in [1.807, 2.05) is 30.3 Å². The Morgan fingerprint density at radius 3 is 2.61 bits per heavy atom. The lowest BCUT2D eigenvalue weighted by atomic mass is 9.94. The van der Waals surface area contributed by atoms with Crippen LogP contribution in [0.4, 0.5) is 0 Å². The summed E-state index contributed by atoms with van der Waals surface area (Å²) in [5.74, 6) is 2.79. The van der Waals surface area contributed by atoms with Gasteiger partial charge in [-0.25, -0.2) is 4.98 Å². The van der Waals surface area contributed by atoms with Gasteiger partial charge in [0, 0.05) is 33.5 Å². The number of carbonyl (C=O) groups excluding carboxylic acids is 1. The molecule has 0 saturated carbocycles. The number of aromatic nitrogens is 4. The van der Waals surface area contributed by atoms with Crippen molar-refractivity contribution in [1.82, 2.24) is 19.7 Å². The van der Waals surface area contributed by atoms with E-state index in [-0.39, 0.29) is 28.3 Å². The molecule has 0 radical (unpaired) electrons. The number of hydrogen-bond donors (Lipinski definition) is 0. The largest absolute Gasteiger partial charge is 0.493 e. The molecule has 1 aliphatic rings. The Morgan fingerprint density at radius 2 is 1.90 bits per heavy atom. The maximum atomic E-state index is 12.1. The molecule has 2 atom stereocenters. The lowest BCUT2D eigenvalue weighted by Crippen LogP contribution is -2.20. The fourth-order valence-electron chi connectivity index (χ4n) is 5.00. The van der Waals surface area contributed by atoms with Crippen LogP contribution in [0.5, 0.6) is 11.5 Å². The van der Waals surface area contributed by atoms with Crippen LogP contribution in [0.3, 0.4) is 0 Å². The molecule has 0 saturated heterocycles. The van der Waals surface area contributed by atoms with Gasteiger partial charge in [0.15, 0.2) is 17.3 Å². The molecule has 3 heterocycles. The number of nitrogens with zero attached hydrogens (tertiary/aromatic N) is 4. The predicted molar refractivity (Wildman–Crippen MR) is 163 cm³/mol. The summed E-state index contributed by atoms with van der Waals surface area (Å²) in [6, 6.07) is 11.9. The average molecular weight is 613 g/mol. The van der Waals surface area contributed by atoms with Gasteiger partial charge in [0.1, 0.15) is 5.82 Å². The predicted octanol–water partition coefficient (Wildman–Crippen LogP) is 6.92. The molecule has 2 unspecified atom stereocenters. The molecule has 4 aromatic rings. The van der Waals surface area contributed by atoms with Gasteiger partial charge in [0.05, 0.1) is 48.4 Å². The van der Waals surface area contributed by atoms with Gasteiger partial charge in [-0.05, 0) is 36.8 Å². The van der Waals surface area contributed by atoms with Gasteiger partial charge in [-0.3, -0.25) is 9.36 Å². The van der Waals surface area contributed by atoms with E-state index < -0.39 is 0 Å². The lowest BCUT2D eigenvalue weighted by molar-refractivity contribution is -0.142. The second-order valence-corrected chi connectivity index (χ2v) is 13.6. The number of esters is 1. The summed E-state index contributed by atoms with van der Waals surface area (Å²) in [6.07, 6.45) is 2.58. The summed E-state index contributed by atoms with van der Waals surface area (Å²) in [5.41, 5.74) is 2.72. The summed E-state index contributed by atoms with van der Waals surface area (Å²) in [5, 5.41) is 10.7. The minimum absolute atomic E-state index is 0.118. The summed E-state index contributed by atoms with van der Waals surface area (Å²) in [7, 11) is 3.30. The first-order valence-electron chi connectivity index (χ1n) is 13.4. The number of carbonyl (C=O) groups is 1. The molecule has 0 amide bonds. The molecule has 8 nitrogen and oxygen atoms in total. The van der Waals surface area contributed by atoms with Crippen molar-refractivity contribution in [3.8, 4) is 17.2 Å². The van der Waals surface area contributed by atoms with Crippen molar-refractivity contribution in [2.75, 3.05) is 20.8 Å². The molecule has 2 aromatic heterocycles. The fraction of sp³-hybridized carbons (Fsp3) is 0.400. The first kappa shape index (κ1) is 29.4. The molecular formula is C30H33ClN4O4S2. The molecular weight excluding hydrogens is 580 g/mol. The normalized spacial score (nSPS) is 16.5. The van der Waals surface area contributed by atoms with Crippen LogP contribution in [0.2, 0.25) is 5.02 Å². The monoisotopic (exact) mass is 612 g/mol. The molecule has 0 spiro atoms. The van der Waals surface area contributed by atoms with Crippen LogP contribution < -0.4 is 9.47 Å². The smallest absolute Gasteiger partial charge is 0.311 e. The van der Waals surface area contributed by atoms with Crippen LogP contribution >= 0.6 is 34.7 Å². The van der Waals surface area contributed by atoms with E-state index in [1.54, 1.807) is 39.1 Å². The molecule has 216 valence electrons. The van der Waals surface area contributed by atoms with Crippen molar-refractivity contribution in [3.63, 3.8) is 0 Å². The van der Waals surface area contributed by atoms with Crippen molar-refractivity contribution in [2.24, 2.45) is 0 Å². The number of methoxy groups -OCH3 is 2. The van der Waals surface area contributed by atoms with Crippen molar-refractivity contribution in [3.05, 3.63) is 80.3 Å². The number of thiazole rings is 1. The average Bonchev–Trinajstić information content (AvgIpc) is 3.55. The highest BCUT2D eigenvalue weighted by atomic mass is 35.5. The number of hydrogen-bond acceptors (Lipinski definition) is 9. The van der Waals surface area contributed by atoms with Crippen LogP contribution in [0.15, 0.2) is 42.6 Å². The van der Waals surface area contributed by atoms with Crippen LogP contribution in [0, 0.1) is 0 Å². The molecule has 5 rings (SSSR count). The second-order valence-electron chi connectivity index (χ2n) is 10.7. The summed E-state index contributed by atoms with van der Waals surface area (Å²) >= 11 is 9.91. The maximum absolute atomic E-state index is 12.1. The molecule has 0 N–H and O–H groups in total. The number of benzene rings is 2. The topological polar surface area (TPSA) is 88.4 Å². The van der Waals surface area contributed by atoms with E-state index in [9.17, 15) is 4.79 Å². The molecule has 41 heavy (non-hydrogen) atoms. The molecule has 0 fully saturated rings. The van der Waals surface area contributed by atoms with E-state index in [2.05, 4.69) is 36.4 Å². The summed E-state index contributed by atoms with van der Waals surface area (Å²) < 4.78 is 18.9. The second kappa shape index (κ2) is 12.0. The third-order valence-electron chi connectivity index (χ3n) is 6.76. The highest BCUT2D eigenvalue weighted by Crippen LogP contribution is 2.54. The standard InChI is InChI=1S/C30H33ClN4O4S2/c1-7-39-25(36)14-18-16-32-24(40-18)15-23-28-33-34-29(30(2,3)4)35(28)21-12-11-17(31)13-20(21)27(41-23)19-9-8-10-22(37-5)26(19)38-6/h8-13,16,23,27H,7,14-15H2,1-6H3. The number of thioether (sulfide) groups is 1. The van der Waals surface area contributed by atoms with Gasteiger partial charge >= 0.3 is 5.97 Å². The van der Waals surface area contributed by atoms with Gasteiger partial charge in [0.25, 0.3) is 0 Å². The van der Waals surface area contributed by atoms with Crippen molar-refractivity contribution < 1.29 is 19.0 Å². The van der Waals surface area contributed by atoms with E-state index in [4.69, 9.17) is 36.0 Å². The zero-order valence-corrected chi connectivity index (χ0v) is 26.3. The SMILES string of the molecule is CCOC(=O)Cc1cnc(CC2SC(c3cccc(OC)c3OC)c3cc(Cl)ccc3-n3c2nnc3C(C)(C)C)s1. The van der Waals surface area contributed by atoms with Crippen molar-refractivity contribution in [1.29, 1.82) is 0 Å². The highest BCUT2D eigenvalue weighted by molar-refractivity contribution is 8.00. The quantitative estimate of drug-likeness (QED) is 0.198. The van der Waals surface area contributed by atoms with Crippen LogP contribution in [0.1, 0.15) is 70.9 Å². The zero-order valence-electron chi connectivity index (χ0n) is 23.9. The Hall–Kier alpha value is -3.08. The van der Waals surface area contributed by atoms with E-state index >= 15 is 0 Å². The number of rotatable bonds is 8. The molecule has 2 aromatic carbocycles. The Kier molecular flexibility index (Phi) is 8.63. The van der Waals surface area contributed by atoms with Gasteiger partial charge in [-0.15, -0.1) is 33.3 Å². The van der Waals surface area contributed by atoms with E-state index in [0.717, 1.165) is 38.3 Å². The maximum Gasteiger partial charge on any atom is 0.311 e. The zero-order chi connectivity index (χ0) is 29.3. The summed E-state index contributed by atoms with van der Waals surface area (Å²) in [4.78, 5) is 17.6. The minimum Gasteiger partial charge on any atom is -0.493 e. The first-order chi connectivity index (χ1) is 19.6. The Labute approximate surface area is 253 Å². The van der Waals surface area contributed by atoms with Crippen molar-refractivity contribution in [2.45, 2.75) is 56.5 Å². The van der Waals surface area contributed by atoms with Crippen LogP contribution in [-0.4, -0.2) is 46.5 Å². The van der Waals surface area contributed by atoms with Gasteiger partial charge < -0.3 is 14.2 Å². The first-order valence-corrected chi connectivity index (χ1v) is 15.5. The van der Waals surface area contributed by atoms with Crippen LogP contribution in [-0.2, 0) is 27.8 Å². The fourth-order valence-corrected chi connectivity index (χ4v) is 7.76. The molecule has 0 aliphatic carbocycles. The Bertz CT molecular complexity index is 1560. The lowest BCUT2D eigenvalue weighted by Gasteiger charge is -2.24. The number of ether oxygens (including phenoxy) is 3. The number of fused-ring (bicyclic) bond motifs is 3. The Balaban J connectivity index is 1.66. The highest BCUT2D eigenvalue weighted by Gasteiger charge is 2.38. The Morgan fingerprint density at radius 1 is 1.10 bits per heavy atom. The molecule has 1 aliphatic heterocycles.